The van der Waals surface area contributed by atoms with Gasteiger partial charge in [-0.1, -0.05) is 22.9 Å². The van der Waals surface area contributed by atoms with Crippen LogP contribution >= 0.6 is 15.9 Å². The molecule has 2 atom stereocenters. The maximum Gasteiger partial charge on any atom is 0.125 e. The molecule has 17 heavy (non-hydrogen) atoms. The number of ether oxygens (including phenoxy) is 1. The molecule has 0 heterocycles. The summed E-state index contributed by atoms with van der Waals surface area (Å²) < 4.78 is 6.47. The van der Waals surface area contributed by atoms with E-state index < -0.39 is 11.7 Å². The highest BCUT2D eigenvalue weighted by atomic mass is 79.9. The van der Waals surface area contributed by atoms with Crippen molar-refractivity contribution in [2.75, 3.05) is 6.61 Å². The third-order valence-electron chi connectivity index (χ3n) is 2.72. The summed E-state index contributed by atoms with van der Waals surface area (Å²) in [7, 11) is 0. The molecular weight excluding hydrogens is 284 g/mol. The van der Waals surface area contributed by atoms with Crippen LogP contribution < -0.4 is 4.74 Å². The fourth-order valence-electron chi connectivity index (χ4n) is 1.31. The molecule has 0 saturated heterocycles. The van der Waals surface area contributed by atoms with Gasteiger partial charge in [0.1, 0.15) is 12.4 Å². The lowest BCUT2D eigenvalue weighted by atomic mass is 10.1. The van der Waals surface area contributed by atoms with Crippen molar-refractivity contribution in [1.29, 1.82) is 0 Å². The topological polar surface area (TPSA) is 49.7 Å². The van der Waals surface area contributed by atoms with Crippen molar-refractivity contribution in [1.82, 2.24) is 0 Å². The first-order valence-corrected chi connectivity index (χ1v) is 6.47. The molecule has 0 aromatic heterocycles. The average molecular weight is 303 g/mol. The molecule has 0 aliphatic heterocycles. The van der Waals surface area contributed by atoms with E-state index in [2.05, 4.69) is 15.9 Å². The summed E-state index contributed by atoms with van der Waals surface area (Å²) in [6.45, 7) is 5.53. The third-order valence-corrected chi connectivity index (χ3v) is 3.22. The number of aliphatic hydroxyl groups excluding tert-OH is 1. The summed E-state index contributed by atoms with van der Waals surface area (Å²) in [5.74, 6) is 0.608. The largest absolute Gasteiger partial charge is 0.490 e. The standard InChI is InChI=1S/C13H19BrO3/c1-4-13(3,16)8-17-12-6-5-10(14)7-11(12)9(2)15/h5-7,9,15-16H,4,8H2,1-3H3. The molecule has 0 aliphatic carbocycles. The van der Waals surface area contributed by atoms with Crippen molar-refractivity contribution in [2.45, 2.75) is 38.9 Å². The Bertz CT molecular complexity index is 375. The molecule has 1 aromatic carbocycles. The molecule has 0 aliphatic rings. The van der Waals surface area contributed by atoms with Crippen LogP contribution in [0.25, 0.3) is 0 Å². The summed E-state index contributed by atoms with van der Waals surface area (Å²) in [6.07, 6.45) is 0.0159. The Morgan fingerprint density at radius 2 is 2.12 bits per heavy atom. The highest BCUT2D eigenvalue weighted by Crippen LogP contribution is 2.29. The highest BCUT2D eigenvalue weighted by Gasteiger charge is 2.19. The zero-order valence-electron chi connectivity index (χ0n) is 10.4. The fourth-order valence-corrected chi connectivity index (χ4v) is 1.69. The first kappa shape index (κ1) is 14.5. The Morgan fingerprint density at radius 1 is 1.47 bits per heavy atom. The van der Waals surface area contributed by atoms with Gasteiger partial charge < -0.3 is 14.9 Å². The normalized spacial score (nSPS) is 16.4. The molecule has 0 fully saturated rings. The van der Waals surface area contributed by atoms with Crippen LogP contribution in [0.4, 0.5) is 0 Å². The summed E-state index contributed by atoms with van der Waals surface area (Å²) in [5, 5.41) is 19.5. The van der Waals surface area contributed by atoms with E-state index in [4.69, 9.17) is 4.74 Å². The number of hydrogen-bond acceptors (Lipinski definition) is 3. The van der Waals surface area contributed by atoms with Crippen LogP contribution in [0.15, 0.2) is 22.7 Å². The van der Waals surface area contributed by atoms with Crippen molar-refractivity contribution in [3.05, 3.63) is 28.2 Å². The summed E-state index contributed by atoms with van der Waals surface area (Å²) in [6, 6.07) is 5.46. The average Bonchev–Trinajstić information content (AvgIpc) is 2.27. The van der Waals surface area contributed by atoms with Gasteiger partial charge in [-0.3, -0.25) is 0 Å². The van der Waals surface area contributed by atoms with Gasteiger partial charge in [-0.2, -0.15) is 0 Å². The Balaban J connectivity index is 2.84. The summed E-state index contributed by atoms with van der Waals surface area (Å²) in [5.41, 5.74) is -0.130. The Labute approximate surface area is 111 Å². The van der Waals surface area contributed by atoms with Crippen LogP contribution in [-0.2, 0) is 0 Å². The molecule has 0 bridgehead atoms. The number of hydrogen-bond donors (Lipinski definition) is 2. The van der Waals surface area contributed by atoms with E-state index in [0.29, 0.717) is 17.7 Å². The predicted octanol–water partition coefficient (Wildman–Crippen LogP) is 3.04. The second-order valence-electron chi connectivity index (χ2n) is 4.50. The number of benzene rings is 1. The maximum absolute atomic E-state index is 9.87. The van der Waals surface area contributed by atoms with Crippen molar-refractivity contribution < 1.29 is 14.9 Å². The zero-order chi connectivity index (χ0) is 13.1. The maximum atomic E-state index is 9.87. The summed E-state index contributed by atoms with van der Waals surface area (Å²) >= 11 is 3.35. The van der Waals surface area contributed by atoms with Crippen LogP contribution in [0.2, 0.25) is 0 Å². The molecule has 0 saturated carbocycles. The van der Waals surface area contributed by atoms with E-state index >= 15 is 0 Å². The minimum atomic E-state index is -0.844. The molecular formula is C13H19BrO3. The first-order valence-electron chi connectivity index (χ1n) is 5.68. The van der Waals surface area contributed by atoms with E-state index in [1.807, 2.05) is 19.1 Å². The second kappa shape index (κ2) is 5.85. The lowest BCUT2D eigenvalue weighted by Crippen LogP contribution is -2.31. The van der Waals surface area contributed by atoms with Gasteiger partial charge in [0.2, 0.25) is 0 Å². The molecule has 3 nitrogen and oxygen atoms in total. The van der Waals surface area contributed by atoms with Crippen LogP contribution in [0.1, 0.15) is 38.9 Å². The van der Waals surface area contributed by atoms with Crippen molar-refractivity contribution in [2.24, 2.45) is 0 Å². The molecule has 0 spiro atoms. The van der Waals surface area contributed by atoms with Gasteiger partial charge in [0.05, 0.1) is 11.7 Å². The Hall–Kier alpha value is -0.580. The van der Waals surface area contributed by atoms with E-state index in [-0.39, 0.29) is 6.61 Å². The number of aliphatic hydroxyl groups is 2. The SMILES string of the molecule is CCC(C)(O)COc1ccc(Br)cc1C(C)O. The minimum absolute atomic E-state index is 0.213. The smallest absolute Gasteiger partial charge is 0.125 e. The van der Waals surface area contributed by atoms with Crippen LogP contribution in [0.3, 0.4) is 0 Å². The van der Waals surface area contributed by atoms with Crippen LogP contribution in [0.5, 0.6) is 5.75 Å². The predicted molar refractivity (Wildman–Crippen MR) is 71.2 cm³/mol. The van der Waals surface area contributed by atoms with Gasteiger partial charge in [0, 0.05) is 10.0 Å². The molecule has 0 radical (unpaired) electrons. The van der Waals surface area contributed by atoms with Gasteiger partial charge >= 0.3 is 0 Å². The van der Waals surface area contributed by atoms with Gasteiger partial charge in [-0.15, -0.1) is 0 Å². The third kappa shape index (κ3) is 4.30. The van der Waals surface area contributed by atoms with Crippen molar-refractivity contribution in [3.8, 4) is 5.75 Å². The van der Waals surface area contributed by atoms with E-state index in [1.54, 1.807) is 19.9 Å². The second-order valence-corrected chi connectivity index (χ2v) is 5.41. The van der Waals surface area contributed by atoms with Crippen molar-refractivity contribution in [3.63, 3.8) is 0 Å². The van der Waals surface area contributed by atoms with Gasteiger partial charge in [-0.05, 0) is 38.5 Å². The first-order chi connectivity index (χ1) is 7.85. The lowest BCUT2D eigenvalue weighted by Gasteiger charge is -2.23. The Morgan fingerprint density at radius 3 is 2.65 bits per heavy atom. The van der Waals surface area contributed by atoms with E-state index in [1.165, 1.54) is 0 Å². The molecule has 1 aromatic rings. The van der Waals surface area contributed by atoms with E-state index in [9.17, 15) is 10.2 Å². The quantitative estimate of drug-likeness (QED) is 0.879. The minimum Gasteiger partial charge on any atom is -0.490 e. The molecule has 2 N–H and O–H groups in total. The zero-order valence-corrected chi connectivity index (χ0v) is 12.0. The monoisotopic (exact) mass is 302 g/mol. The van der Waals surface area contributed by atoms with Crippen LogP contribution in [-0.4, -0.2) is 22.4 Å². The lowest BCUT2D eigenvalue weighted by molar-refractivity contribution is 0.00746. The van der Waals surface area contributed by atoms with E-state index in [0.717, 1.165) is 4.47 Å². The van der Waals surface area contributed by atoms with Gasteiger partial charge in [0.15, 0.2) is 0 Å². The fraction of sp³-hybridized carbons (Fsp3) is 0.538. The summed E-state index contributed by atoms with van der Waals surface area (Å²) in [4.78, 5) is 0. The molecule has 1 rings (SSSR count). The highest BCUT2D eigenvalue weighted by molar-refractivity contribution is 9.10. The molecule has 0 amide bonds. The van der Waals surface area contributed by atoms with Crippen LogP contribution in [0, 0.1) is 0 Å². The molecule has 4 heteroatoms. The van der Waals surface area contributed by atoms with Gasteiger partial charge in [-0.25, -0.2) is 0 Å². The number of halogens is 1. The van der Waals surface area contributed by atoms with Gasteiger partial charge in [0.25, 0.3) is 0 Å². The molecule has 2 unspecified atom stereocenters. The van der Waals surface area contributed by atoms with Crippen molar-refractivity contribution >= 4 is 15.9 Å². The number of rotatable bonds is 5. The Kier molecular flexibility index (Phi) is 4.98. The molecule has 96 valence electrons.